The van der Waals surface area contributed by atoms with E-state index < -0.39 is 5.92 Å². The number of rotatable bonds is 5. The van der Waals surface area contributed by atoms with Crippen LogP contribution in [0.4, 0.5) is 0 Å². The van der Waals surface area contributed by atoms with Gasteiger partial charge in [-0.15, -0.1) is 0 Å². The van der Waals surface area contributed by atoms with E-state index in [0.29, 0.717) is 6.04 Å². The number of hydrogen-bond donors (Lipinski definition) is 2. The molecule has 0 bridgehead atoms. The molecule has 0 saturated heterocycles. The van der Waals surface area contributed by atoms with Crippen molar-refractivity contribution in [3.8, 4) is 0 Å². The van der Waals surface area contributed by atoms with Crippen molar-refractivity contribution in [3.05, 3.63) is 66.5 Å². The van der Waals surface area contributed by atoms with Gasteiger partial charge in [-0.05, 0) is 49.4 Å². The maximum Gasteiger partial charge on any atom is 0.230 e. The molecule has 27 heavy (non-hydrogen) atoms. The number of pyridine rings is 1. The standard InChI is InChI=1S/C22H25N3O2/c26-15-20(16-5-2-1-3-6-16)22(27)24-18-8-10-19(11-9-18)25-14-12-17-7-4-13-23-21(17)25/h1-7,12-14,18-20,26H,8-11,15H2,(H,24,27). The first kappa shape index (κ1) is 17.7. The van der Waals surface area contributed by atoms with Gasteiger partial charge in [0.05, 0.1) is 12.5 Å². The van der Waals surface area contributed by atoms with Crippen LogP contribution in [0.25, 0.3) is 11.0 Å². The predicted octanol–water partition coefficient (Wildman–Crippen LogP) is 3.41. The zero-order chi connectivity index (χ0) is 18.6. The average molecular weight is 363 g/mol. The lowest BCUT2D eigenvalue weighted by atomic mass is 9.90. The van der Waals surface area contributed by atoms with Crippen molar-refractivity contribution in [1.82, 2.24) is 14.9 Å². The number of fused-ring (bicyclic) bond motifs is 1. The molecule has 5 nitrogen and oxygen atoms in total. The Morgan fingerprint density at radius 1 is 1.11 bits per heavy atom. The first-order chi connectivity index (χ1) is 13.3. The summed E-state index contributed by atoms with van der Waals surface area (Å²) in [4.78, 5) is 17.2. The highest BCUT2D eigenvalue weighted by Gasteiger charge is 2.27. The van der Waals surface area contributed by atoms with E-state index >= 15 is 0 Å². The van der Waals surface area contributed by atoms with Crippen LogP contribution >= 0.6 is 0 Å². The molecule has 1 unspecified atom stereocenters. The van der Waals surface area contributed by atoms with Gasteiger partial charge in [0.2, 0.25) is 5.91 Å². The molecule has 140 valence electrons. The Labute approximate surface area is 159 Å². The highest BCUT2D eigenvalue weighted by Crippen LogP contribution is 2.31. The molecule has 0 spiro atoms. The van der Waals surface area contributed by atoms with Gasteiger partial charge in [0, 0.05) is 29.9 Å². The molecule has 0 aliphatic heterocycles. The van der Waals surface area contributed by atoms with E-state index in [0.717, 1.165) is 36.9 Å². The minimum atomic E-state index is -0.499. The molecular formula is C22H25N3O2. The predicted molar refractivity (Wildman–Crippen MR) is 105 cm³/mol. The number of carbonyl (C=O) groups excluding carboxylic acids is 1. The van der Waals surface area contributed by atoms with Crippen LogP contribution in [0, 0.1) is 0 Å². The van der Waals surface area contributed by atoms with Gasteiger partial charge in [0.1, 0.15) is 5.65 Å². The molecule has 5 heteroatoms. The summed E-state index contributed by atoms with van der Waals surface area (Å²) in [6.45, 7) is -0.174. The van der Waals surface area contributed by atoms with Crippen molar-refractivity contribution in [2.45, 2.75) is 43.7 Å². The lowest BCUT2D eigenvalue weighted by Crippen LogP contribution is -2.41. The fourth-order valence-electron chi connectivity index (χ4n) is 4.11. The van der Waals surface area contributed by atoms with E-state index in [1.165, 1.54) is 5.39 Å². The Bertz CT molecular complexity index is 898. The number of amides is 1. The molecular weight excluding hydrogens is 338 g/mol. The van der Waals surface area contributed by atoms with Gasteiger partial charge in [-0.3, -0.25) is 4.79 Å². The van der Waals surface area contributed by atoms with Crippen LogP contribution in [-0.2, 0) is 4.79 Å². The second-order valence-corrected chi connectivity index (χ2v) is 7.30. The topological polar surface area (TPSA) is 67.2 Å². The second kappa shape index (κ2) is 7.92. The molecule has 1 saturated carbocycles. The Kier molecular flexibility index (Phi) is 5.21. The van der Waals surface area contributed by atoms with E-state index in [9.17, 15) is 9.90 Å². The Morgan fingerprint density at radius 2 is 1.89 bits per heavy atom. The van der Waals surface area contributed by atoms with E-state index in [1.807, 2.05) is 42.6 Å². The summed E-state index contributed by atoms with van der Waals surface area (Å²) in [6, 6.07) is 16.2. The number of aliphatic hydroxyl groups is 1. The number of carbonyl (C=O) groups is 1. The van der Waals surface area contributed by atoms with Gasteiger partial charge in [-0.1, -0.05) is 30.3 Å². The fraction of sp³-hybridized carbons (Fsp3) is 0.364. The fourth-order valence-corrected chi connectivity index (χ4v) is 4.11. The minimum absolute atomic E-state index is 0.0831. The molecule has 1 fully saturated rings. The molecule has 3 aromatic rings. The molecule has 1 aromatic carbocycles. The highest BCUT2D eigenvalue weighted by molar-refractivity contribution is 5.84. The van der Waals surface area contributed by atoms with Crippen molar-refractivity contribution in [2.75, 3.05) is 6.61 Å². The monoisotopic (exact) mass is 363 g/mol. The quantitative estimate of drug-likeness (QED) is 0.730. The van der Waals surface area contributed by atoms with Crippen LogP contribution in [0.2, 0.25) is 0 Å². The van der Waals surface area contributed by atoms with Crippen LogP contribution in [0.5, 0.6) is 0 Å². The zero-order valence-corrected chi connectivity index (χ0v) is 15.3. The van der Waals surface area contributed by atoms with Crippen molar-refractivity contribution in [1.29, 1.82) is 0 Å². The average Bonchev–Trinajstić information content (AvgIpc) is 3.14. The van der Waals surface area contributed by atoms with Gasteiger partial charge in [-0.2, -0.15) is 0 Å². The summed E-state index contributed by atoms with van der Waals surface area (Å²) in [7, 11) is 0. The Balaban J connectivity index is 1.37. The number of nitrogens with one attached hydrogen (secondary N) is 1. The molecule has 0 radical (unpaired) electrons. The van der Waals surface area contributed by atoms with Crippen molar-refractivity contribution >= 4 is 16.9 Å². The first-order valence-electron chi connectivity index (χ1n) is 9.64. The third kappa shape index (κ3) is 3.74. The third-order valence-corrected chi connectivity index (χ3v) is 5.61. The first-order valence-corrected chi connectivity index (χ1v) is 9.64. The third-order valence-electron chi connectivity index (χ3n) is 5.61. The normalized spacial score (nSPS) is 21.1. The molecule has 2 aromatic heterocycles. The Morgan fingerprint density at radius 3 is 2.63 bits per heavy atom. The summed E-state index contributed by atoms with van der Waals surface area (Å²) >= 11 is 0. The van der Waals surface area contributed by atoms with Crippen LogP contribution in [0.15, 0.2) is 60.9 Å². The van der Waals surface area contributed by atoms with Gasteiger partial charge < -0.3 is 15.0 Å². The van der Waals surface area contributed by atoms with Crippen LogP contribution in [0.1, 0.15) is 43.2 Å². The number of benzene rings is 1. The maximum absolute atomic E-state index is 12.6. The molecule has 1 atom stereocenters. The maximum atomic E-state index is 12.6. The number of aromatic nitrogens is 2. The number of hydrogen-bond acceptors (Lipinski definition) is 3. The van der Waals surface area contributed by atoms with E-state index in [-0.39, 0.29) is 18.6 Å². The summed E-state index contributed by atoms with van der Waals surface area (Å²) in [5.41, 5.74) is 1.89. The molecule has 1 amide bonds. The number of aliphatic hydroxyl groups excluding tert-OH is 1. The summed E-state index contributed by atoms with van der Waals surface area (Å²) in [6.07, 6.45) is 7.87. The lowest BCUT2D eigenvalue weighted by Gasteiger charge is -2.31. The summed E-state index contributed by atoms with van der Waals surface area (Å²) in [5, 5.41) is 14.0. The SMILES string of the molecule is O=C(NC1CCC(n2ccc3cccnc32)CC1)C(CO)c1ccccc1. The summed E-state index contributed by atoms with van der Waals surface area (Å²) < 4.78 is 2.27. The molecule has 1 aliphatic rings. The van der Waals surface area contributed by atoms with Crippen molar-refractivity contribution in [3.63, 3.8) is 0 Å². The van der Waals surface area contributed by atoms with Crippen molar-refractivity contribution < 1.29 is 9.90 Å². The van der Waals surface area contributed by atoms with Gasteiger partial charge in [-0.25, -0.2) is 4.98 Å². The van der Waals surface area contributed by atoms with Gasteiger partial charge in [0.15, 0.2) is 0 Å². The van der Waals surface area contributed by atoms with E-state index in [4.69, 9.17) is 0 Å². The lowest BCUT2D eigenvalue weighted by molar-refractivity contribution is -0.124. The highest BCUT2D eigenvalue weighted by atomic mass is 16.3. The van der Waals surface area contributed by atoms with Crippen molar-refractivity contribution in [2.24, 2.45) is 0 Å². The molecule has 1 aliphatic carbocycles. The molecule has 2 N–H and O–H groups in total. The second-order valence-electron chi connectivity index (χ2n) is 7.30. The largest absolute Gasteiger partial charge is 0.395 e. The smallest absolute Gasteiger partial charge is 0.230 e. The molecule has 2 heterocycles. The van der Waals surface area contributed by atoms with Gasteiger partial charge >= 0.3 is 0 Å². The minimum Gasteiger partial charge on any atom is -0.395 e. The summed E-state index contributed by atoms with van der Waals surface area (Å²) in [5.74, 6) is -0.582. The van der Waals surface area contributed by atoms with Crippen LogP contribution in [-0.4, -0.2) is 33.2 Å². The zero-order valence-electron chi connectivity index (χ0n) is 15.3. The number of nitrogens with zero attached hydrogens (tertiary/aromatic N) is 2. The van der Waals surface area contributed by atoms with Crippen LogP contribution in [0.3, 0.4) is 0 Å². The van der Waals surface area contributed by atoms with E-state index in [1.54, 1.807) is 0 Å². The Hall–Kier alpha value is -2.66. The van der Waals surface area contributed by atoms with Crippen LogP contribution < -0.4 is 5.32 Å². The molecule has 4 rings (SSSR count). The van der Waals surface area contributed by atoms with E-state index in [2.05, 4.69) is 33.2 Å². The van der Waals surface area contributed by atoms with Gasteiger partial charge in [0.25, 0.3) is 0 Å².